The average Bonchev–Trinajstić information content (AvgIpc) is 2.73. The van der Waals surface area contributed by atoms with E-state index in [1.54, 1.807) is 0 Å². The molecule has 4 aliphatic heterocycles. The molecule has 0 spiro atoms. The van der Waals surface area contributed by atoms with Crippen LogP contribution in [0.3, 0.4) is 0 Å². The van der Waals surface area contributed by atoms with Gasteiger partial charge in [0.15, 0.2) is 0 Å². The highest BCUT2D eigenvalue weighted by atomic mass is 16.6. The zero-order valence-electron chi connectivity index (χ0n) is 8.77. The van der Waals surface area contributed by atoms with Crippen LogP contribution in [-0.4, -0.2) is 36.2 Å². The lowest BCUT2D eigenvalue weighted by molar-refractivity contribution is -0.131. The van der Waals surface area contributed by atoms with Crippen LogP contribution in [0.5, 0.6) is 0 Å². The monoisotopic (exact) mass is 223 g/mol. The fourth-order valence-corrected chi connectivity index (χ4v) is 3.68. The molecular formula is C11H13NO4. The molecule has 4 fully saturated rings. The summed E-state index contributed by atoms with van der Waals surface area (Å²) in [5.41, 5.74) is -0.410. The van der Waals surface area contributed by atoms with Gasteiger partial charge >= 0.3 is 0 Å². The van der Waals surface area contributed by atoms with Gasteiger partial charge in [-0.05, 0) is 12.8 Å². The first-order chi connectivity index (χ1) is 7.70. The number of carbonyl (C=O) groups excluding carboxylic acids is 2. The molecule has 0 aromatic carbocycles. The standard InChI is InChI=1S/C11H13NO4/c13-9-7-6-1-2-11(16-6,3-5-4-15-5)8(7)10(14)12-9/h5-8H,1-4H2,(H,12,13,14). The zero-order valence-corrected chi connectivity index (χ0v) is 8.77. The van der Waals surface area contributed by atoms with Crippen molar-refractivity contribution in [3.05, 3.63) is 0 Å². The first-order valence-electron chi connectivity index (χ1n) is 5.84. The molecule has 4 aliphatic rings. The van der Waals surface area contributed by atoms with Crippen LogP contribution in [-0.2, 0) is 19.1 Å². The lowest BCUT2D eigenvalue weighted by Gasteiger charge is -2.29. The number of carbonyl (C=O) groups is 2. The zero-order chi connectivity index (χ0) is 10.9. The van der Waals surface area contributed by atoms with Gasteiger partial charge in [-0.2, -0.15) is 0 Å². The third-order valence-electron chi connectivity index (χ3n) is 4.37. The SMILES string of the molecule is O=C1NC(=O)C2C1C1CCC2(CC2CO2)O1. The summed E-state index contributed by atoms with van der Waals surface area (Å²) in [6.07, 6.45) is 2.75. The van der Waals surface area contributed by atoms with E-state index < -0.39 is 5.60 Å². The van der Waals surface area contributed by atoms with Crippen molar-refractivity contribution < 1.29 is 19.1 Å². The van der Waals surface area contributed by atoms with E-state index in [9.17, 15) is 9.59 Å². The molecular weight excluding hydrogens is 210 g/mol. The molecule has 5 atom stereocenters. The minimum absolute atomic E-state index is 0.0461. The Hall–Kier alpha value is -0.940. The molecule has 1 N–H and O–H groups in total. The number of nitrogens with one attached hydrogen (secondary N) is 1. The number of fused-ring (bicyclic) bond motifs is 5. The second kappa shape index (κ2) is 2.65. The molecule has 16 heavy (non-hydrogen) atoms. The largest absolute Gasteiger partial charge is 0.373 e. The molecule has 86 valence electrons. The molecule has 4 rings (SSSR count). The fourth-order valence-electron chi connectivity index (χ4n) is 3.68. The van der Waals surface area contributed by atoms with Gasteiger partial charge in [-0.25, -0.2) is 0 Å². The van der Waals surface area contributed by atoms with E-state index in [-0.39, 0.29) is 35.9 Å². The highest BCUT2D eigenvalue weighted by molar-refractivity contribution is 6.06. The van der Waals surface area contributed by atoms with E-state index >= 15 is 0 Å². The van der Waals surface area contributed by atoms with Crippen molar-refractivity contribution in [2.24, 2.45) is 11.8 Å². The van der Waals surface area contributed by atoms with Gasteiger partial charge in [0.2, 0.25) is 11.8 Å². The van der Waals surface area contributed by atoms with Gasteiger partial charge < -0.3 is 9.47 Å². The Morgan fingerprint density at radius 3 is 2.94 bits per heavy atom. The maximum absolute atomic E-state index is 11.8. The van der Waals surface area contributed by atoms with Crippen molar-refractivity contribution in [2.75, 3.05) is 6.61 Å². The van der Waals surface area contributed by atoms with Gasteiger partial charge in [0.1, 0.15) is 0 Å². The van der Waals surface area contributed by atoms with Crippen LogP contribution in [0.1, 0.15) is 19.3 Å². The molecule has 5 heteroatoms. The van der Waals surface area contributed by atoms with Crippen LogP contribution in [0.4, 0.5) is 0 Å². The molecule has 0 aromatic heterocycles. The molecule has 0 radical (unpaired) electrons. The summed E-state index contributed by atoms with van der Waals surface area (Å²) in [4.78, 5) is 23.5. The van der Waals surface area contributed by atoms with Crippen molar-refractivity contribution in [3.63, 3.8) is 0 Å². The van der Waals surface area contributed by atoms with Crippen molar-refractivity contribution in [2.45, 2.75) is 37.1 Å². The Morgan fingerprint density at radius 1 is 1.38 bits per heavy atom. The van der Waals surface area contributed by atoms with Crippen molar-refractivity contribution in [1.29, 1.82) is 0 Å². The maximum Gasteiger partial charge on any atom is 0.233 e. The molecule has 2 amide bonds. The molecule has 5 nitrogen and oxygen atoms in total. The number of epoxide rings is 1. The minimum Gasteiger partial charge on any atom is -0.373 e. The van der Waals surface area contributed by atoms with Gasteiger partial charge in [0.25, 0.3) is 0 Å². The molecule has 2 bridgehead atoms. The number of rotatable bonds is 2. The molecule has 5 unspecified atom stereocenters. The number of hydrogen-bond acceptors (Lipinski definition) is 4. The first-order valence-corrected chi connectivity index (χ1v) is 5.84. The van der Waals surface area contributed by atoms with E-state index in [1.807, 2.05) is 0 Å². The summed E-state index contributed by atoms with van der Waals surface area (Å²) in [6.45, 7) is 0.767. The van der Waals surface area contributed by atoms with Gasteiger partial charge in [-0.15, -0.1) is 0 Å². The summed E-state index contributed by atoms with van der Waals surface area (Å²) in [7, 11) is 0. The van der Waals surface area contributed by atoms with Gasteiger partial charge in [-0.1, -0.05) is 0 Å². The first kappa shape index (κ1) is 9.13. The number of hydrogen-bond donors (Lipinski definition) is 1. The Kier molecular flexibility index (Phi) is 1.51. The minimum atomic E-state index is -0.410. The van der Waals surface area contributed by atoms with Crippen LogP contribution < -0.4 is 5.32 Å². The van der Waals surface area contributed by atoms with Crippen LogP contribution in [0.2, 0.25) is 0 Å². The summed E-state index contributed by atoms with van der Waals surface area (Å²) in [6, 6.07) is 0. The molecule has 4 heterocycles. The van der Waals surface area contributed by atoms with Crippen molar-refractivity contribution in [3.8, 4) is 0 Å². The van der Waals surface area contributed by atoms with Gasteiger partial charge in [0.05, 0.1) is 36.3 Å². The van der Waals surface area contributed by atoms with Crippen LogP contribution >= 0.6 is 0 Å². The van der Waals surface area contributed by atoms with Crippen LogP contribution in [0.15, 0.2) is 0 Å². The summed E-state index contributed by atoms with van der Waals surface area (Å²) < 4.78 is 11.2. The summed E-state index contributed by atoms with van der Waals surface area (Å²) >= 11 is 0. The Morgan fingerprint density at radius 2 is 2.19 bits per heavy atom. The van der Waals surface area contributed by atoms with E-state index in [0.717, 1.165) is 25.9 Å². The topological polar surface area (TPSA) is 67.9 Å². The van der Waals surface area contributed by atoms with Gasteiger partial charge in [-0.3, -0.25) is 14.9 Å². The number of ether oxygens (including phenoxy) is 2. The Balaban J connectivity index is 1.72. The Bertz CT molecular complexity index is 391. The summed E-state index contributed by atoms with van der Waals surface area (Å²) in [5, 5.41) is 2.44. The third kappa shape index (κ3) is 0.978. The lowest BCUT2D eigenvalue weighted by Crippen LogP contribution is -2.42. The second-order valence-electron chi connectivity index (χ2n) is 5.28. The van der Waals surface area contributed by atoms with E-state index in [2.05, 4.69) is 5.32 Å². The van der Waals surface area contributed by atoms with Crippen molar-refractivity contribution in [1.82, 2.24) is 5.32 Å². The smallest absolute Gasteiger partial charge is 0.233 e. The molecule has 0 saturated carbocycles. The number of imide groups is 1. The van der Waals surface area contributed by atoms with Crippen LogP contribution in [0, 0.1) is 11.8 Å². The average molecular weight is 223 g/mol. The third-order valence-corrected chi connectivity index (χ3v) is 4.37. The highest BCUT2D eigenvalue weighted by Gasteiger charge is 2.67. The normalized spacial score (nSPS) is 53.0. The molecule has 0 aliphatic carbocycles. The lowest BCUT2D eigenvalue weighted by atomic mass is 9.71. The number of amides is 2. The predicted molar refractivity (Wildman–Crippen MR) is 51.3 cm³/mol. The predicted octanol–water partition coefficient (Wildman–Crippen LogP) is -0.405. The molecule has 4 saturated heterocycles. The Labute approximate surface area is 92.5 Å². The van der Waals surface area contributed by atoms with E-state index in [0.29, 0.717) is 0 Å². The molecule has 0 aromatic rings. The maximum atomic E-state index is 11.8. The van der Waals surface area contributed by atoms with E-state index in [4.69, 9.17) is 9.47 Å². The highest BCUT2D eigenvalue weighted by Crippen LogP contribution is 2.56. The van der Waals surface area contributed by atoms with Crippen molar-refractivity contribution >= 4 is 11.8 Å². The van der Waals surface area contributed by atoms with Gasteiger partial charge in [0, 0.05) is 6.42 Å². The fraction of sp³-hybridized carbons (Fsp3) is 0.818. The van der Waals surface area contributed by atoms with E-state index in [1.165, 1.54) is 0 Å². The second-order valence-corrected chi connectivity index (χ2v) is 5.28. The van der Waals surface area contributed by atoms with Crippen LogP contribution in [0.25, 0.3) is 0 Å². The quantitative estimate of drug-likeness (QED) is 0.510. The summed E-state index contributed by atoms with van der Waals surface area (Å²) in [5.74, 6) is -0.779.